The lowest BCUT2D eigenvalue weighted by molar-refractivity contribution is 0.101. The highest BCUT2D eigenvalue weighted by Gasteiger charge is 2.33. The van der Waals surface area contributed by atoms with E-state index in [2.05, 4.69) is 0 Å². The maximum absolute atomic E-state index is 13.3. The minimum atomic E-state index is -0.0398. The van der Waals surface area contributed by atoms with E-state index < -0.39 is 0 Å². The van der Waals surface area contributed by atoms with Crippen LogP contribution in [0, 0.1) is 0 Å². The Bertz CT molecular complexity index is 1140. The summed E-state index contributed by atoms with van der Waals surface area (Å²) in [5.74, 6) is -0.0398. The van der Waals surface area contributed by atoms with Crippen LogP contribution in [0.2, 0.25) is 5.02 Å². The zero-order chi connectivity index (χ0) is 16.3. The molecule has 0 atom stereocenters. The van der Waals surface area contributed by atoms with Crippen LogP contribution in [-0.2, 0) is 0 Å². The van der Waals surface area contributed by atoms with Gasteiger partial charge in [-0.1, -0.05) is 35.9 Å². The van der Waals surface area contributed by atoms with Gasteiger partial charge in [-0.15, -0.1) is 0 Å². The van der Waals surface area contributed by atoms with E-state index in [1.807, 2.05) is 60.7 Å². The molecule has 0 aliphatic carbocycles. The van der Waals surface area contributed by atoms with Gasteiger partial charge in [-0.3, -0.25) is 9.69 Å². The fourth-order valence-electron chi connectivity index (χ4n) is 3.41. The molecular weight excluding hydrogens is 320 g/mol. The Morgan fingerprint density at radius 3 is 2.54 bits per heavy atom. The van der Waals surface area contributed by atoms with E-state index in [-0.39, 0.29) is 5.91 Å². The first kappa shape index (κ1) is 13.5. The molecule has 1 aliphatic rings. The fraction of sp³-hybridized carbons (Fsp3) is 0. The first-order chi connectivity index (χ1) is 11.7. The van der Waals surface area contributed by atoms with Gasteiger partial charge in [-0.25, -0.2) is 4.98 Å². The zero-order valence-corrected chi connectivity index (χ0v) is 13.3. The smallest absolute Gasteiger partial charge is 0.264 e. The molecule has 4 heteroatoms. The summed E-state index contributed by atoms with van der Waals surface area (Å²) in [4.78, 5) is 19.7. The van der Waals surface area contributed by atoms with Gasteiger partial charge in [0.25, 0.3) is 5.91 Å². The lowest BCUT2D eigenvalue weighted by Gasteiger charge is -2.17. The van der Waals surface area contributed by atoms with Gasteiger partial charge < -0.3 is 0 Å². The number of benzene rings is 3. The van der Waals surface area contributed by atoms with Crippen molar-refractivity contribution in [3.63, 3.8) is 0 Å². The third kappa shape index (κ3) is 1.73. The van der Waals surface area contributed by atoms with E-state index in [1.165, 1.54) is 0 Å². The summed E-state index contributed by atoms with van der Waals surface area (Å²) >= 11 is 6.16. The number of amides is 1. The number of hydrogen-bond donors (Lipinski definition) is 0. The molecular formula is C20H11ClN2O. The Labute approximate surface area is 143 Å². The molecule has 3 nitrogen and oxygen atoms in total. The summed E-state index contributed by atoms with van der Waals surface area (Å²) < 4.78 is 0. The van der Waals surface area contributed by atoms with E-state index >= 15 is 0 Å². The fourth-order valence-corrected chi connectivity index (χ4v) is 3.58. The molecule has 0 unspecified atom stereocenters. The van der Waals surface area contributed by atoms with Crippen LogP contribution in [0.1, 0.15) is 10.4 Å². The number of hydrogen-bond acceptors (Lipinski definition) is 2. The van der Waals surface area contributed by atoms with Gasteiger partial charge in [0, 0.05) is 21.5 Å². The van der Waals surface area contributed by atoms with E-state index in [0.29, 0.717) is 10.6 Å². The first-order valence-corrected chi connectivity index (χ1v) is 8.03. The average molecular weight is 331 g/mol. The van der Waals surface area contributed by atoms with Gasteiger partial charge in [-0.05, 0) is 42.5 Å². The number of rotatable bonds is 1. The van der Waals surface area contributed by atoms with Crippen molar-refractivity contribution in [3.8, 4) is 0 Å². The third-order valence-corrected chi connectivity index (χ3v) is 4.65. The monoisotopic (exact) mass is 330 g/mol. The van der Waals surface area contributed by atoms with Gasteiger partial charge in [0.05, 0.1) is 22.3 Å². The van der Waals surface area contributed by atoms with Crippen LogP contribution < -0.4 is 4.90 Å². The maximum atomic E-state index is 13.3. The summed E-state index contributed by atoms with van der Waals surface area (Å²) in [6.07, 6.45) is 0. The van der Waals surface area contributed by atoms with Gasteiger partial charge in [0.2, 0.25) is 0 Å². The molecule has 0 saturated heterocycles. The number of para-hydroxylation sites is 1. The van der Waals surface area contributed by atoms with Crippen molar-refractivity contribution in [2.24, 2.45) is 0 Å². The minimum Gasteiger partial charge on any atom is -0.276 e. The lowest BCUT2D eigenvalue weighted by Crippen LogP contribution is -2.20. The summed E-state index contributed by atoms with van der Waals surface area (Å²) in [6.45, 7) is 0. The quantitative estimate of drug-likeness (QED) is 0.442. The van der Waals surface area contributed by atoms with Crippen LogP contribution in [0.3, 0.4) is 0 Å². The number of aromatic nitrogens is 1. The molecule has 5 rings (SSSR count). The van der Waals surface area contributed by atoms with Crippen molar-refractivity contribution in [1.29, 1.82) is 0 Å². The Hall–Kier alpha value is -2.91. The second kappa shape index (κ2) is 4.79. The number of nitrogens with zero attached hydrogens (tertiary/aromatic N) is 2. The Morgan fingerprint density at radius 1 is 0.875 bits per heavy atom. The van der Waals surface area contributed by atoms with E-state index in [4.69, 9.17) is 16.6 Å². The molecule has 4 aromatic rings. The summed E-state index contributed by atoms with van der Waals surface area (Å²) in [7, 11) is 0. The van der Waals surface area contributed by atoms with Crippen molar-refractivity contribution in [1.82, 2.24) is 4.98 Å². The highest BCUT2D eigenvalue weighted by molar-refractivity contribution is 6.34. The topological polar surface area (TPSA) is 33.2 Å². The molecule has 2 heterocycles. The van der Waals surface area contributed by atoms with Gasteiger partial charge in [0.1, 0.15) is 0 Å². The number of halogens is 1. The molecule has 1 amide bonds. The molecule has 1 aromatic heterocycles. The molecule has 1 aliphatic heterocycles. The highest BCUT2D eigenvalue weighted by atomic mass is 35.5. The van der Waals surface area contributed by atoms with Crippen molar-refractivity contribution < 1.29 is 4.79 Å². The van der Waals surface area contributed by atoms with E-state index in [1.54, 1.807) is 11.0 Å². The van der Waals surface area contributed by atoms with Crippen LogP contribution >= 0.6 is 11.6 Å². The maximum Gasteiger partial charge on any atom is 0.264 e. The molecule has 24 heavy (non-hydrogen) atoms. The number of fused-ring (bicyclic) bond motifs is 2. The van der Waals surface area contributed by atoms with Gasteiger partial charge >= 0.3 is 0 Å². The van der Waals surface area contributed by atoms with Crippen molar-refractivity contribution >= 4 is 50.7 Å². The zero-order valence-electron chi connectivity index (χ0n) is 12.5. The van der Waals surface area contributed by atoms with E-state index in [9.17, 15) is 4.79 Å². The van der Waals surface area contributed by atoms with Crippen LogP contribution in [0.5, 0.6) is 0 Å². The summed E-state index contributed by atoms with van der Waals surface area (Å²) in [5.41, 5.74) is 4.00. The Kier molecular flexibility index (Phi) is 2.70. The predicted molar refractivity (Wildman–Crippen MR) is 97.2 cm³/mol. The SMILES string of the molecule is O=C1c2c3cc(Cl)ccc3nc3cccc(c23)N1c1ccccc1. The van der Waals surface area contributed by atoms with Crippen molar-refractivity contribution in [3.05, 3.63) is 77.3 Å². The van der Waals surface area contributed by atoms with Gasteiger partial charge in [0.15, 0.2) is 0 Å². The number of pyridine rings is 1. The van der Waals surface area contributed by atoms with Crippen LogP contribution in [0.4, 0.5) is 11.4 Å². The number of carbonyl (C=O) groups excluding carboxylic acids is 1. The molecule has 0 fully saturated rings. The standard InChI is InChI=1S/C20H11ClN2O/c21-12-9-10-15-14(11-12)18-19-16(22-15)7-4-8-17(19)23(20(18)24)13-5-2-1-3-6-13/h1-11H. The molecule has 3 aromatic carbocycles. The second-order valence-corrected chi connectivity index (χ2v) is 6.23. The normalized spacial score (nSPS) is 13.2. The molecule has 0 radical (unpaired) electrons. The van der Waals surface area contributed by atoms with Crippen molar-refractivity contribution in [2.45, 2.75) is 0 Å². The number of carbonyl (C=O) groups is 1. The molecule has 0 saturated carbocycles. The molecule has 0 bridgehead atoms. The summed E-state index contributed by atoms with van der Waals surface area (Å²) in [6, 6.07) is 21.0. The first-order valence-electron chi connectivity index (χ1n) is 7.65. The van der Waals surface area contributed by atoms with Crippen LogP contribution in [0.15, 0.2) is 66.7 Å². The lowest BCUT2D eigenvalue weighted by atomic mass is 10.0. The molecule has 114 valence electrons. The molecule has 0 spiro atoms. The van der Waals surface area contributed by atoms with Crippen molar-refractivity contribution in [2.75, 3.05) is 4.90 Å². The predicted octanol–water partition coefficient (Wildman–Crippen LogP) is 5.33. The minimum absolute atomic E-state index is 0.0398. The summed E-state index contributed by atoms with van der Waals surface area (Å²) in [5, 5.41) is 2.29. The second-order valence-electron chi connectivity index (χ2n) is 5.80. The Balaban J connectivity index is 1.92. The van der Waals surface area contributed by atoms with E-state index in [0.717, 1.165) is 33.2 Å². The number of anilines is 2. The van der Waals surface area contributed by atoms with Crippen LogP contribution in [-0.4, -0.2) is 10.9 Å². The molecule has 0 N–H and O–H groups in total. The van der Waals surface area contributed by atoms with Crippen LogP contribution in [0.25, 0.3) is 21.8 Å². The highest BCUT2D eigenvalue weighted by Crippen LogP contribution is 2.43. The third-order valence-electron chi connectivity index (χ3n) is 4.41. The largest absolute Gasteiger partial charge is 0.276 e. The average Bonchev–Trinajstić information content (AvgIpc) is 2.91. The Morgan fingerprint density at radius 2 is 1.71 bits per heavy atom. The van der Waals surface area contributed by atoms with Gasteiger partial charge in [-0.2, -0.15) is 0 Å².